The summed E-state index contributed by atoms with van der Waals surface area (Å²) >= 11 is 1.94. The van der Waals surface area contributed by atoms with Gasteiger partial charge in [0.05, 0.1) is 11.4 Å². The first-order chi connectivity index (χ1) is 11.9. The Kier molecular flexibility index (Phi) is 10.0. The van der Waals surface area contributed by atoms with Crippen LogP contribution < -0.4 is 15.4 Å². The molecule has 1 aromatic rings. The maximum absolute atomic E-state index is 13.5. The van der Waals surface area contributed by atoms with E-state index in [2.05, 4.69) is 20.3 Å². The predicted octanol–water partition coefficient (Wildman–Crippen LogP) is 2.55. The molecule has 0 amide bonds. The zero-order valence-electron chi connectivity index (χ0n) is 14.9. The van der Waals surface area contributed by atoms with E-state index in [1.165, 1.54) is 30.7 Å². The highest BCUT2D eigenvalue weighted by atomic mass is 127. The van der Waals surface area contributed by atoms with Crippen LogP contribution in [0.3, 0.4) is 0 Å². The van der Waals surface area contributed by atoms with Gasteiger partial charge < -0.3 is 10.6 Å². The summed E-state index contributed by atoms with van der Waals surface area (Å²) in [6.45, 7) is 2.65. The Morgan fingerprint density at radius 1 is 1.38 bits per heavy atom. The number of nitrogens with one attached hydrogen (secondary N) is 3. The Morgan fingerprint density at radius 3 is 2.77 bits per heavy atom. The maximum Gasteiger partial charge on any atom is 0.234 e. The molecule has 1 saturated heterocycles. The lowest BCUT2D eigenvalue weighted by Crippen LogP contribution is -2.42. The van der Waals surface area contributed by atoms with Crippen LogP contribution in [0.5, 0.6) is 0 Å². The Balaban J connectivity index is 0.00000338. The standard InChI is InChI=1S/C16H25FN4O2S2.HI/c1-12-5-6-13(10-15(12)17)21-25(22,23)9-7-19-16(18-2)20-11-14-4-3-8-24-14;/h5-6,10,14,21H,3-4,7-9,11H2,1-2H3,(H2,18,19,20);1H. The summed E-state index contributed by atoms with van der Waals surface area (Å²) in [6, 6.07) is 4.27. The van der Waals surface area contributed by atoms with Gasteiger partial charge in [-0.3, -0.25) is 9.71 Å². The third-order valence-electron chi connectivity index (χ3n) is 3.85. The van der Waals surface area contributed by atoms with Gasteiger partial charge in [0.15, 0.2) is 5.96 Å². The number of benzene rings is 1. The molecular weight excluding hydrogens is 490 g/mol. The van der Waals surface area contributed by atoms with Crippen LogP contribution in [-0.4, -0.2) is 51.3 Å². The lowest BCUT2D eigenvalue weighted by molar-refractivity contribution is 0.599. The normalized spacial score (nSPS) is 17.5. The molecular formula is C16H26FIN4O2S2. The van der Waals surface area contributed by atoms with Gasteiger partial charge in [0.25, 0.3) is 0 Å². The van der Waals surface area contributed by atoms with Crippen LogP contribution in [-0.2, 0) is 10.0 Å². The first kappa shape index (κ1) is 23.3. The molecule has 1 aliphatic rings. The SMILES string of the molecule is CN=C(NCCS(=O)(=O)Nc1ccc(C)c(F)c1)NCC1CCCS1.I. The second kappa shape index (κ2) is 11.2. The van der Waals surface area contributed by atoms with Crippen molar-refractivity contribution in [3.05, 3.63) is 29.6 Å². The molecule has 1 unspecified atom stereocenters. The van der Waals surface area contributed by atoms with Crippen molar-refractivity contribution < 1.29 is 12.8 Å². The number of rotatable bonds is 7. The smallest absolute Gasteiger partial charge is 0.234 e. The summed E-state index contributed by atoms with van der Waals surface area (Å²) in [4.78, 5) is 4.09. The number of anilines is 1. The number of guanidine groups is 1. The van der Waals surface area contributed by atoms with Gasteiger partial charge in [-0.1, -0.05) is 6.07 Å². The van der Waals surface area contributed by atoms with Crippen molar-refractivity contribution in [2.75, 3.05) is 36.4 Å². The van der Waals surface area contributed by atoms with Crippen molar-refractivity contribution in [2.24, 2.45) is 4.99 Å². The van der Waals surface area contributed by atoms with E-state index in [9.17, 15) is 12.8 Å². The number of aliphatic imine (C=N–C) groups is 1. The first-order valence-corrected chi connectivity index (χ1v) is 10.9. The molecule has 0 spiro atoms. The molecule has 148 valence electrons. The minimum atomic E-state index is -3.56. The molecule has 0 aliphatic carbocycles. The molecule has 2 rings (SSSR count). The van der Waals surface area contributed by atoms with Gasteiger partial charge in [0.2, 0.25) is 10.0 Å². The summed E-state index contributed by atoms with van der Waals surface area (Å²) in [5.41, 5.74) is 0.698. The van der Waals surface area contributed by atoms with Crippen LogP contribution in [0, 0.1) is 12.7 Å². The van der Waals surface area contributed by atoms with Crippen LogP contribution in [0.1, 0.15) is 18.4 Å². The van der Waals surface area contributed by atoms with E-state index in [0.29, 0.717) is 16.8 Å². The largest absolute Gasteiger partial charge is 0.355 e. The van der Waals surface area contributed by atoms with Gasteiger partial charge in [0.1, 0.15) is 5.82 Å². The molecule has 0 radical (unpaired) electrons. The fraction of sp³-hybridized carbons (Fsp3) is 0.562. The van der Waals surface area contributed by atoms with Gasteiger partial charge in [-0.15, -0.1) is 24.0 Å². The van der Waals surface area contributed by atoms with E-state index < -0.39 is 15.8 Å². The number of thioether (sulfide) groups is 1. The minimum Gasteiger partial charge on any atom is -0.355 e. The van der Waals surface area contributed by atoms with Crippen LogP contribution in [0.25, 0.3) is 0 Å². The van der Waals surface area contributed by atoms with Gasteiger partial charge in [0, 0.05) is 25.4 Å². The number of hydrogen-bond donors (Lipinski definition) is 3. The highest BCUT2D eigenvalue weighted by Crippen LogP contribution is 2.25. The van der Waals surface area contributed by atoms with Crippen molar-refractivity contribution in [3.63, 3.8) is 0 Å². The summed E-state index contributed by atoms with van der Waals surface area (Å²) < 4.78 is 40.1. The van der Waals surface area contributed by atoms with E-state index in [0.717, 1.165) is 6.54 Å². The Hall–Kier alpha value is -0.750. The molecule has 1 fully saturated rings. The molecule has 6 nitrogen and oxygen atoms in total. The van der Waals surface area contributed by atoms with Gasteiger partial charge >= 0.3 is 0 Å². The Bertz CT molecular complexity index is 710. The van der Waals surface area contributed by atoms with Crippen LogP contribution in [0.2, 0.25) is 0 Å². The van der Waals surface area contributed by atoms with Gasteiger partial charge in [-0.2, -0.15) is 11.8 Å². The highest BCUT2D eigenvalue weighted by molar-refractivity contribution is 14.0. The summed E-state index contributed by atoms with van der Waals surface area (Å²) in [6.07, 6.45) is 2.44. The van der Waals surface area contributed by atoms with Gasteiger partial charge in [-0.25, -0.2) is 12.8 Å². The molecule has 26 heavy (non-hydrogen) atoms. The van der Waals surface area contributed by atoms with E-state index in [4.69, 9.17) is 0 Å². The van der Waals surface area contributed by atoms with E-state index >= 15 is 0 Å². The van der Waals surface area contributed by atoms with Crippen molar-refractivity contribution in [2.45, 2.75) is 25.0 Å². The molecule has 10 heteroatoms. The molecule has 1 aromatic carbocycles. The first-order valence-electron chi connectivity index (χ1n) is 8.22. The van der Waals surface area contributed by atoms with E-state index in [-0.39, 0.29) is 42.0 Å². The molecule has 1 heterocycles. The summed E-state index contributed by atoms with van der Waals surface area (Å²) in [5, 5.41) is 6.79. The maximum atomic E-state index is 13.5. The molecule has 1 aliphatic heterocycles. The molecule has 0 saturated carbocycles. The van der Waals surface area contributed by atoms with E-state index in [1.54, 1.807) is 20.0 Å². The minimum absolute atomic E-state index is 0. The van der Waals surface area contributed by atoms with Crippen molar-refractivity contribution in [3.8, 4) is 0 Å². The summed E-state index contributed by atoms with van der Waals surface area (Å²) in [5.74, 6) is 1.21. The fourth-order valence-corrected chi connectivity index (χ4v) is 4.59. The van der Waals surface area contributed by atoms with Gasteiger partial charge in [-0.05, 0) is 43.2 Å². The molecule has 0 aromatic heterocycles. The predicted molar refractivity (Wildman–Crippen MR) is 119 cm³/mol. The Morgan fingerprint density at radius 2 is 2.15 bits per heavy atom. The van der Waals surface area contributed by atoms with Crippen LogP contribution in [0.4, 0.5) is 10.1 Å². The number of hydrogen-bond acceptors (Lipinski definition) is 4. The lowest BCUT2D eigenvalue weighted by atomic mass is 10.2. The average Bonchev–Trinajstić information content (AvgIpc) is 3.07. The summed E-state index contributed by atoms with van der Waals surface area (Å²) in [7, 11) is -1.91. The third kappa shape index (κ3) is 7.87. The van der Waals surface area contributed by atoms with Crippen LogP contribution in [0.15, 0.2) is 23.2 Å². The van der Waals surface area contributed by atoms with Crippen molar-refractivity contribution in [1.82, 2.24) is 10.6 Å². The number of aryl methyl sites for hydroxylation is 1. The third-order valence-corrected chi connectivity index (χ3v) is 6.54. The number of halogens is 2. The lowest BCUT2D eigenvalue weighted by Gasteiger charge is -2.15. The number of sulfonamides is 1. The zero-order valence-corrected chi connectivity index (χ0v) is 18.9. The topological polar surface area (TPSA) is 82.6 Å². The molecule has 3 N–H and O–H groups in total. The second-order valence-corrected chi connectivity index (χ2v) is 9.15. The molecule has 1 atom stereocenters. The fourth-order valence-electron chi connectivity index (χ4n) is 2.43. The Labute approximate surface area is 176 Å². The number of nitrogens with zero attached hydrogens (tertiary/aromatic N) is 1. The monoisotopic (exact) mass is 516 g/mol. The quantitative estimate of drug-likeness (QED) is 0.295. The average molecular weight is 516 g/mol. The van der Waals surface area contributed by atoms with E-state index in [1.807, 2.05) is 11.8 Å². The van der Waals surface area contributed by atoms with Crippen LogP contribution >= 0.6 is 35.7 Å². The van der Waals surface area contributed by atoms with Crippen molar-refractivity contribution >= 4 is 57.4 Å². The second-order valence-electron chi connectivity index (χ2n) is 5.90. The molecule has 0 bridgehead atoms. The zero-order chi connectivity index (χ0) is 18.3. The van der Waals surface area contributed by atoms with Crippen molar-refractivity contribution in [1.29, 1.82) is 0 Å². The highest BCUT2D eigenvalue weighted by Gasteiger charge is 2.16.